The first-order valence-electron chi connectivity index (χ1n) is 7.67. The van der Waals surface area contributed by atoms with Gasteiger partial charge in [0.15, 0.2) is 0 Å². The molecule has 3 rings (SSSR count). The molecule has 0 saturated carbocycles. The Labute approximate surface area is 152 Å². The predicted molar refractivity (Wildman–Crippen MR) is 96.3 cm³/mol. The van der Waals surface area contributed by atoms with Crippen LogP contribution in [0.15, 0.2) is 53.9 Å². The fraction of sp³-hybridized carbons (Fsp3) is 0.118. The minimum absolute atomic E-state index is 0.0117. The van der Waals surface area contributed by atoms with Crippen LogP contribution in [-0.4, -0.2) is 34.2 Å². The number of hydrogen-bond donors (Lipinski definition) is 1. The van der Waals surface area contributed by atoms with Gasteiger partial charge in [-0.15, -0.1) is 21.5 Å². The van der Waals surface area contributed by atoms with Gasteiger partial charge in [0.2, 0.25) is 5.88 Å². The number of benzene rings is 1. The molecule has 1 N–H and O–H groups in total. The minimum atomic E-state index is -0.587. The van der Waals surface area contributed by atoms with E-state index in [0.717, 1.165) is 10.6 Å². The molecule has 0 fully saturated rings. The van der Waals surface area contributed by atoms with Gasteiger partial charge in [-0.1, -0.05) is 18.2 Å². The Balaban J connectivity index is 1.50. The molecule has 3 aromatic rings. The highest BCUT2D eigenvalue weighted by molar-refractivity contribution is 7.13. The number of carbonyl (C=O) groups is 1. The molecular weight excluding hydrogens is 356 g/mol. The highest BCUT2D eigenvalue weighted by atomic mass is 32.1. The molecule has 0 bridgehead atoms. The predicted octanol–water partition coefficient (Wildman–Crippen LogP) is 2.92. The van der Waals surface area contributed by atoms with Crippen molar-refractivity contribution in [3.8, 4) is 16.5 Å². The lowest BCUT2D eigenvalue weighted by Gasteiger charge is -2.07. The molecule has 26 heavy (non-hydrogen) atoms. The minimum Gasteiger partial charge on any atom is -0.475 e. The third-order valence-electron chi connectivity index (χ3n) is 3.40. The van der Waals surface area contributed by atoms with Gasteiger partial charge in [-0.3, -0.25) is 14.9 Å². The van der Waals surface area contributed by atoms with E-state index in [4.69, 9.17) is 4.74 Å². The fourth-order valence-electron chi connectivity index (χ4n) is 2.19. The highest BCUT2D eigenvalue weighted by Gasteiger charge is 2.18. The summed E-state index contributed by atoms with van der Waals surface area (Å²) in [6, 6.07) is 13.2. The third-order valence-corrected chi connectivity index (χ3v) is 4.29. The van der Waals surface area contributed by atoms with E-state index in [0.29, 0.717) is 5.88 Å². The summed E-state index contributed by atoms with van der Waals surface area (Å²) in [5.41, 5.74) is 0.538. The van der Waals surface area contributed by atoms with Gasteiger partial charge in [0, 0.05) is 12.1 Å². The lowest BCUT2D eigenvalue weighted by atomic mass is 10.1. The molecule has 0 aliphatic rings. The second kappa shape index (κ2) is 8.17. The Morgan fingerprint density at radius 2 is 2.00 bits per heavy atom. The molecule has 0 aliphatic carbocycles. The topological polar surface area (TPSA) is 107 Å². The highest BCUT2D eigenvalue weighted by Crippen LogP contribution is 2.22. The molecule has 1 aromatic carbocycles. The Hall–Kier alpha value is -3.33. The van der Waals surface area contributed by atoms with Gasteiger partial charge >= 0.3 is 0 Å². The van der Waals surface area contributed by atoms with Gasteiger partial charge in [0.05, 0.1) is 16.3 Å². The number of nitrogens with one attached hydrogen (secondary N) is 1. The van der Waals surface area contributed by atoms with Crippen LogP contribution in [0, 0.1) is 10.1 Å². The van der Waals surface area contributed by atoms with Gasteiger partial charge < -0.3 is 10.1 Å². The number of amides is 1. The van der Waals surface area contributed by atoms with Crippen LogP contribution < -0.4 is 10.1 Å². The maximum Gasteiger partial charge on any atom is 0.282 e. The monoisotopic (exact) mass is 370 g/mol. The Morgan fingerprint density at radius 1 is 1.15 bits per heavy atom. The molecule has 0 aliphatic heterocycles. The summed E-state index contributed by atoms with van der Waals surface area (Å²) >= 11 is 1.57. The summed E-state index contributed by atoms with van der Waals surface area (Å²) in [5.74, 6) is -0.190. The summed E-state index contributed by atoms with van der Waals surface area (Å²) < 4.78 is 5.42. The zero-order chi connectivity index (χ0) is 18.4. The molecule has 0 radical (unpaired) electrons. The first-order valence-corrected chi connectivity index (χ1v) is 8.55. The average molecular weight is 370 g/mol. The quantitative estimate of drug-likeness (QED) is 0.389. The standard InChI is InChI=1S/C17H14N4O4S/c22-17(12-4-1-2-5-14(12)21(23)24)18-9-10-25-16-8-7-13(19-20-16)15-6-3-11-26-15/h1-8,11H,9-10H2,(H,18,22). The number of rotatable bonds is 7. The first kappa shape index (κ1) is 17.5. The Morgan fingerprint density at radius 3 is 2.69 bits per heavy atom. The zero-order valence-corrected chi connectivity index (χ0v) is 14.3. The number of ether oxygens (including phenoxy) is 1. The molecular formula is C17H14N4O4S. The van der Waals surface area contributed by atoms with Crippen molar-refractivity contribution in [3.63, 3.8) is 0 Å². The van der Waals surface area contributed by atoms with E-state index in [1.807, 2.05) is 17.5 Å². The SMILES string of the molecule is O=C(NCCOc1ccc(-c2cccs2)nn1)c1ccccc1[N+](=O)[O-]. The third kappa shape index (κ3) is 4.19. The Kier molecular flexibility index (Phi) is 5.49. The van der Waals surface area contributed by atoms with E-state index in [1.165, 1.54) is 18.2 Å². The van der Waals surface area contributed by atoms with Crippen LogP contribution in [-0.2, 0) is 0 Å². The Bertz CT molecular complexity index is 897. The van der Waals surface area contributed by atoms with E-state index in [2.05, 4.69) is 15.5 Å². The number of carbonyl (C=O) groups excluding carboxylic acids is 1. The first-order chi connectivity index (χ1) is 12.6. The molecule has 8 nitrogen and oxygen atoms in total. The number of nitro benzene ring substituents is 1. The molecule has 9 heteroatoms. The molecule has 2 heterocycles. The second-order valence-electron chi connectivity index (χ2n) is 5.11. The van der Waals surface area contributed by atoms with Crippen LogP contribution in [0.4, 0.5) is 5.69 Å². The maximum absolute atomic E-state index is 12.1. The van der Waals surface area contributed by atoms with Crippen molar-refractivity contribution in [2.75, 3.05) is 13.2 Å². The van der Waals surface area contributed by atoms with Gasteiger partial charge in [-0.25, -0.2) is 0 Å². The van der Waals surface area contributed by atoms with Crippen molar-refractivity contribution in [1.29, 1.82) is 0 Å². The molecule has 0 saturated heterocycles. The molecule has 0 atom stereocenters. The van der Waals surface area contributed by atoms with Crippen LogP contribution in [0.5, 0.6) is 5.88 Å². The summed E-state index contributed by atoms with van der Waals surface area (Å²) in [4.78, 5) is 23.4. The number of aromatic nitrogens is 2. The molecule has 0 spiro atoms. The number of nitrogens with zero attached hydrogens (tertiary/aromatic N) is 3. The normalized spacial score (nSPS) is 10.3. The van der Waals surface area contributed by atoms with E-state index in [1.54, 1.807) is 29.5 Å². The van der Waals surface area contributed by atoms with Crippen molar-refractivity contribution in [3.05, 3.63) is 69.6 Å². The molecule has 0 unspecified atom stereocenters. The van der Waals surface area contributed by atoms with Crippen LogP contribution in [0.1, 0.15) is 10.4 Å². The van der Waals surface area contributed by atoms with E-state index >= 15 is 0 Å². The molecule has 1 amide bonds. The van der Waals surface area contributed by atoms with Crippen molar-refractivity contribution in [1.82, 2.24) is 15.5 Å². The van der Waals surface area contributed by atoms with Crippen LogP contribution >= 0.6 is 11.3 Å². The number of nitro groups is 1. The van der Waals surface area contributed by atoms with Crippen molar-refractivity contribution >= 4 is 22.9 Å². The molecule has 2 aromatic heterocycles. The smallest absolute Gasteiger partial charge is 0.282 e. The van der Waals surface area contributed by atoms with Crippen LogP contribution in [0.2, 0.25) is 0 Å². The van der Waals surface area contributed by atoms with Gasteiger partial charge in [-0.05, 0) is 23.6 Å². The summed E-state index contributed by atoms with van der Waals surface area (Å²) in [6.45, 7) is 0.346. The van der Waals surface area contributed by atoms with E-state index in [-0.39, 0.29) is 24.4 Å². The lowest BCUT2D eigenvalue weighted by Crippen LogP contribution is -2.28. The van der Waals surface area contributed by atoms with E-state index < -0.39 is 10.8 Å². The molecule has 132 valence electrons. The fourth-order valence-corrected chi connectivity index (χ4v) is 2.88. The zero-order valence-electron chi connectivity index (χ0n) is 13.5. The van der Waals surface area contributed by atoms with Crippen LogP contribution in [0.25, 0.3) is 10.6 Å². The lowest BCUT2D eigenvalue weighted by molar-refractivity contribution is -0.385. The van der Waals surface area contributed by atoms with Crippen molar-refractivity contribution in [2.45, 2.75) is 0 Å². The summed E-state index contributed by atoms with van der Waals surface area (Å²) in [6.07, 6.45) is 0. The average Bonchev–Trinajstić information content (AvgIpc) is 3.20. The second-order valence-corrected chi connectivity index (χ2v) is 6.06. The van der Waals surface area contributed by atoms with Gasteiger partial charge in [0.25, 0.3) is 11.6 Å². The van der Waals surface area contributed by atoms with Gasteiger partial charge in [-0.2, -0.15) is 0 Å². The number of hydrogen-bond acceptors (Lipinski definition) is 7. The van der Waals surface area contributed by atoms with Gasteiger partial charge in [0.1, 0.15) is 17.9 Å². The number of thiophene rings is 1. The summed E-state index contributed by atoms with van der Waals surface area (Å²) in [7, 11) is 0. The number of para-hydroxylation sites is 1. The van der Waals surface area contributed by atoms with Crippen molar-refractivity contribution < 1.29 is 14.5 Å². The summed E-state index contributed by atoms with van der Waals surface area (Å²) in [5, 5.41) is 23.5. The van der Waals surface area contributed by atoms with Crippen LogP contribution in [0.3, 0.4) is 0 Å². The van der Waals surface area contributed by atoms with Crippen molar-refractivity contribution in [2.24, 2.45) is 0 Å². The van der Waals surface area contributed by atoms with E-state index in [9.17, 15) is 14.9 Å². The largest absolute Gasteiger partial charge is 0.475 e. The maximum atomic E-state index is 12.1.